The molecule has 8 nitrogen and oxygen atoms in total. The van der Waals surface area contributed by atoms with Crippen molar-refractivity contribution in [1.82, 2.24) is 15.2 Å². The third kappa shape index (κ3) is 2.98. The number of carbonyl (C=O) groups excluding carboxylic acids is 1. The van der Waals surface area contributed by atoms with E-state index in [0.717, 1.165) is 5.56 Å². The Kier molecular flexibility index (Phi) is 4.06. The molecular weight excluding hydrogens is 262 g/mol. The van der Waals surface area contributed by atoms with Crippen LogP contribution in [0.1, 0.15) is 11.5 Å². The summed E-state index contributed by atoms with van der Waals surface area (Å²) < 4.78 is 1.35. The molecule has 0 fully saturated rings. The number of hydrogen-bond donors (Lipinski definition) is 2. The first-order valence-electron chi connectivity index (χ1n) is 5.85. The molecule has 1 atom stereocenters. The Morgan fingerprint density at radius 1 is 1.40 bits per heavy atom. The summed E-state index contributed by atoms with van der Waals surface area (Å²) in [5.74, 6) is 3.97. The number of rotatable bonds is 5. The Hall–Kier alpha value is -2.74. The minimum atomic E-state index is -0.586. The van der Waals surface area contributed by atoms with Crippen LogP contribution in [-0.4, -0.2) is 20.6 Å². The number of hydrazine groups is 1. The monoisotopic (exact) mass is 275 g/mol. The van der Waals surface area contributed by atoms with Crippen LogP contribution in [0.2, 0.25) is 0 Å². The SMILES string of the molecule is NNC(=O)C(Cn1ccc([N+](=O)[O-])n1)c1ccccc1. The predicted molar refractivity (Wildman–Crippen MR) is 70.4 cm³/mol. The number of nitro groups is 1. The molecule has 8 heteroatoms. The van der Waals surface area contributed by atoms with Gasteiger partial charge in [-0.05, 0) is 10.5 Å². The number of hydrogen-bond acceptors (Lipinski definition) is 5. The molecule has 2 aromatic rings. The van der Waals surface area contributed by atoms with Crippen LogP contribution in [0.15, 0.2) is 42.6 Å². The molecule has 0 aliphatic carbocycles. The standard InChI is InChI=1S/C12H13N5O3/c13-14-12(18)10(9-4-2-1-3-5-9)8-16-7-6-11(15-16)17(19)20/h1-7,10H,8,13H2,(H,14,18). The van der Waals surface area contributed by atoms with Crippen molar-refractivity contribution in [3.05, 3.63) is 58.3 Å². The Labute approximate surface area is 114 Å². The van der Waals surface area contributed by atoms with E-state index in [1.807, 2.05) is 6.07 Å². The molecule has 0 aliphatic rings. The van der Waals surface area contributed by atoms with Crippen molar-refractivity contribution < 1.29 is 9.72 Å². The van der Waals surface area contributed by atoms with Gasteiger partial charge in [0.05, 0.1) is 29.8 Å². The van der Waals surface area contributed by atoms with Crippen LogP contribution in [-0.2, 0) is 11.3 Å². The van der Waals surface area contributed by atoms with Crippen molar-refractivity contribution in [2.24, 2.45) is 5.84 Å². The lowest BCUT2D eigenvalue weighted by atomic mass is 9.98. The lowest BCUT2D eigenvalue weighted by Crippen LogP contribution is -2.36. The molecule has 0 saturated heterocycles. The maximum absolute atomic E-state index is 11.8. The topological polar surface area (TPSA) is 116 Å². The van der Waals surface area contributed by atoms with E-state index in [2.05, 4.69) is 10.5 Å². The van der Waals surface area contributed by atoms with Crippen LogP contribution in [0.5, 0.6) is 0 Å². The third-order valence-corrected chi connectivity index (χ3v) is 2.84. The summed E-state index contributed by atoms with van der Waals surface area (Å²) in [6.45, 7) is 0.168. The number of amides is 1. The zero-order valence-corrected chi connectivity index (χ0v) is 10.5. The van der Waals surface area contributed by atoms with E-state index in [9.17, 15) is 14.9 Å². The maximum atomic E-state index is 11.8. The Morgan fingerprint density at radius 2 is 2.10 bits per heavy atom. The Balaban J connectivity index is 2.24. The first kappa shape index (κ1) is 13.7. The number of nitrogens with two attached hydrogens (primary N) is 1. The predicted octanol–water partition coefficient (Wildman–Crippen LogP) is 0.565. The fraction of sp³-hybridized carbons (Fsp3) is 0.167. The average molecular weight is 275 g/mol. The van der Waals surface area contributed by atoms with E-state index >= 15 is 0 Å². The summed E-state index contributed by atoms with van der Waals surface area (Å²) in [7, 11) is 0. The van der Waals surface area contributed by atoms with E-state index in [-0.39, 0.29) is 18.3 Å². The zero-order valence-electron chi connectivity index (χ0n) is 10.5. The lowest BCUT2D eigenvalue weighted by molar-refractivity contribution is -0.389. The second-order valence-electron chi connectivity index (χ2n) is 4.12. The number of nitrogens with one attached hydrogen (secondary N) is 1. The van der Waals surface area contributed by atoms with Gasteiger partial charge in [-0.25, -0.2) is 5.84 Å². The smallest absolute Gasteiger partial charge is 0.358 e. The van der Waals surface area contributed by atoms with Gasteiger partial charge in [-0.1, -0.05) is 30.3 Å². The molecular formula is C12H13N5O3. The van der Waals surface area contributed by atoms with Crippen LogP contribution >= 0.6 is 0 Å². The summed E-state index contributed by atoms with van der Waals surface area (Å²) in [6.07, 6.45) is 1.46. The van der Waals surface area contributed by atoms with Crippen molar-refractivity contribution >= 4 is 11.7 Å². The van der Waals surface area contributed by atoms with Crippen LogP contribution < -0.4 is 11.3 Å². The minimum absolute atomic E-state index is 0.168. The van der Waals surface area contributed by atoms with Crippen LogP contribution in [0, 0.1) is 10.1 Å². The Morgan fingerprint density at radius 3 is 2.65 bits per heavy atom. The molecule has 0 saturated carbocycles. The largest absolute Gasteiger partial charge is 0.389 e. The second-order valence-corrected chi connectivity index (χ2v) is 4.12. The van der Waals surface area contributed by atoms with Gasteiger partial charge < -0.3 is 10.1 Å². The highest BCUT2D eigenvalue weighted by atomic mass is 16.6. The van der Waals surface area contributed by atoms with E-state index in [0.29, 0.717) is 0 Å². The molecule has 104 valence electrons. The molecule has 1 aromatic carbocycles. The van der Waals surface area contributed by atoms with Crippen LogP contribution in [0.25, 0.3) is 0 Å². The molecule has 0 spiro atoms. The lowest BCUT2D eigenvalue weighted by Gasteiger charge is -2.14. The summed E-state index contributed by atoms with van der Waals surface area (Å²) in [5, 5.41) is 14.4. The van der Waals surface area contributed by atoms with Gasteiger partial charge in [-0.15, -0.1) is 0 Å². The summed E-state index contributed by atoms with van der Waals surface area (Å²) in [6, 6.07) is 10.3. The number of benzene rings is 1. The molecule has 0 aliphatic heterocycles. The molecule has 0 radical (unpaired) electrons. The maximum Gasteiger partial charge on any atom is 0.389 e. The van der Waals surface area contributed by atoms with Crippen molar-refractivity contribution in [3.63, 3.8) is 0 Å². The number of carbonyl (C=O) groups is 1. The highest BCUT2D eigenvalue weighted by molar-refractivity contribution is 5.82. The molecule has 3 N–H and O–H groups in total. The molecule has 1 unspecified atom stereocenters. The van der Waals surface area contributed by atoms with E-state index in [1.54, 1.807) is 24.3 Å². The van der Waals surface area contributed by atoms with Gasteiger partial charge in [0.25, 0.3) is 0 Å². The van der Waals surface area contributed by atoms with Gasteiger partial charge in [0, 0.05) is 0 Å². The molecule has 2 rings (SSSR count). The summed E-state index contributed by atoms with van der Waals surface area (Å²) in [5.41, 5.74) is 2.86. The van der Waals surface area contributed by atoms with Gasteiger partial charge >= 0.3 is 5.82 Å². The average Bonchev–Trinajstić information content (AvgIpc) is 2.94. The van der Waals surface area contributed by atoms with E-state index in [1.165, 1.54) is 16.9 Å². The quantitative estimate of drug-likeness (QED) is 0.358. The fourth-order valence-electron chi connectivity index (χ4n) is 1.86. The first-order valence-corrected chi connectivity index (χ1v) is 5.85. The van der Waals surface area contributed by atoms with Gasteiger partial charge in [0.2, 0.25) is 5.91 Å². The Bertz CT molecular complexity index is 611. The van der Waals surface area contributed by atoms with Crippen molar-refractivity contribution in [2.75, 3.05) is 0 Å². The normalized spacial score (nSPS) is 11.8. The third-order valence-electron chi connectivity index (χ3n) is 2.84. The number of nitrogens with zero attached hydrogens (tertiary/aromatic N) is 3. The molecule has 1 heterocycles. The van der Waals surface area contributed by atoms with Crippen LogP contribution in [0.4, 0.5) is 5.82 Å². The van der Waals surface area contributed by atoms with E-state index < -0.39 is 10.8 Å². The highest BCUT2D eigenvalue weighted by Crippen LogP contribution is 2.18. The van der Waals surface area contributed by atoms with Gasteiger partial charge in [0.1, 0.15) is 0 Å². The molecule has 0 bridgehead atoms. The molecule has 1 amide bonds. The minimum Gasteiger partial charge on any atom is -0.358 e. The number of aromatic nitrogens is 2. The molecule has 20 heavy (non-hydrogen) atoms. The van der Waals surface area contributed by atoms with Crippen molar-refractivity contribution in [2.45, 2.75) is 12.5 Å². The van der Waals surface area contributed by atoms with Gasteiger partial charge in [-0.2, -0.15) is 4.68 Å². The fourth-order valence-corrected chi connectivity index (χ4v) is 1.86. The van der Waals surface area contributed by atoms with Gasteiger partial charge in [0.15, 0.2) is 0 Å². The van der Waals surface area contributed by atoms with Crippen LogP contribution in [0.3, 0.4) is 0 Å². The van der Waals surface area contributed by atoms with Gasteiger partial charge in [-0.3, -0.25) is 10.2 Å². The van der Waals surface area contributed by atoms with Crippen molar-refractivity contribution in [1.29, 1.82) is 0 Å². The summed E-state index contributed by atoms with van der Waals surface area (Å²) >= 11 is 0. The zero-order chi connectivity index (χ0) is 14.5. The second kappa shape index (κ2) is 5.93. The van der Waals surface area contributed by atoms with Crippen molar-refractivity contribution in [3.8, 4) is 0 Å². The first-order chi connectivity index (χ1) is 9.61. The molecule has 1 aromatic heterocycles. The highest BCUT2D eigenvalue weighted by Gasteiger charge is 2.23. The summed E-state index contributed by atoms with van der Waals surface area (Å²) in [4.78, 5) is 21.9. The van der Waals surface area contributed by atoms with E-state index in [4.69, 9.17) is 5.84 Å².